The Morgan fingerprint density at radius 3 is 2.75 bits per heavy atom. The Kier molecular flexibility index (Phi) is 5.41. The van der Waals surface area contributed by atoms with Gasteiger partial charge in [-0.15, -0.1) is 0 Å². The lowest BCUT2D eigenvalue weighted by Crippen LogP contribution is -2.28. The first-order valence-electron chi connectivity index (χ1n) is 8.84. The summed E-state index contributed by atoms with van der Waals surface area (Å²) >= 11 is 0. The Labute approximate surface area is 144 Å². The number of nitrogens with zero attached hydrogens (tertiary/aromatic N) is 1. The molecule has 0 aromatic heterocycles. The smallest absolute Gasteiger partial charge is 0.160 e. The van der Waals surface area contributed by atoms with E-state index in [0.717, 1.165) is 18.7 Å². The summed E-state index contributed by atoms with van der Waals surface area (Å²) in [4.78, 5) is 2.56. The number of aromatic hydroxyl groups is 1. The Morgan fingerprint density at radius 2 is 2.00 bits per heavy atom. The second-order valence-corrected chi connectivity index (χ2v) is 6.76. The molecule has 3 heteroatoms. The van der Waals surface area contributed by atoms with E-state index in [1.54, 1.807) is 7.11 Å². The monoisotopic (exact) mass is 325 g/mol. The molecule has 0 amide bonds. The maximum atomic E-state index is 10.1. The average molecular weight is 325 g/mol. The molecule has 1 aliphatic heterocycles. The van der Waals surface area contributed by atoms with Gasteiger partial charge in [-0.25, -0.2) is 0 Å². The van der Waals surface area contributed by atoms with Crippen LogP contribution in [0.4, 0.5) is 0 Å². The molecule has 2 aromatic carbocycles. The molecular formula is C21H27NO2. The van der Waals surface area contributed by atoms with Crippen molar-refractivity contribution in [3.8, 4) is 11.5 Å². The highest BCUT2D eigenvalue weighted by atomic mass is 16.5. The predicted molar refractivity (Wildman–Crippen MR) is 97.5 cm³/mol. The van der Waals surface area contributed by atoms with Crippen LogP contribution in [-0.4, -0.2) is 23.7 Å². The maximum absolute atomic E-state index is 10.1. The van der Waals surface area contributed by atoms with Crippen molar-refractivity contribution in [2.45, 2.75) is 45.2 Å². The highest BCUT2D eigenvalue weighted by Gasteiger charge is 2.23. The van der Waals surface area contributed by atoms with Crippen molar-refractivity contribution in [1.82, 2.24) is 4.90 Å². The topological polar surface area (TPSA) is 32.7 Å². The van der Waals surface area contributed by atoms with Gasteiger partial charge in [0.1, 0.15) is 0 Å². The van der Waals surface area contributed by atoms with Gasteiger partial charge in [-0.1, -0.05) is 48.7 Å². The van der Waals surface area contributed by atoms with Crippen molar-refractivity contribution in [3.63, 3.8) is 0 Å². The Hall–Kier alpha value is -2.00. The molecule has 3 nitrogen and oxygen atoms in total. The van der Waals surface area contributed by atoms with Crippen LogP contribution in [0.15, 0.2) is 42.5 Å². The van der Waals surface area contributed by atoms with Gasteiger partial charge < -0.3 is 9.84 Å². The number of phenols is 1. The molecular weight excluding hydrogens is 298 g/mol. The molecule has 128 valence electrons. The van der Waals surface area contributed by atoms with Crippen molar-refractivity contribution in [3.05, 3.63) is 59.2 Å². The minimum atomic E-state index is 0.219. The van der Waals surface area contributed by atoms with Crippen LogP contribution in [0.1, 0.15) is 48.4 Å². The van der Waals surface area contributed by atoms with Gasteiger partial charge in [0.2, 0.25) is 0 Å². The molecule has 1 atom stereocenters. The van der Waals surface area contributed by atoms with Crippen LogP contribution in [0, 0.1) is 6.92 Å². The molecule has 0 radical (unpaired) electrons. The molecule has 0 spiro atoms. The fraction of sp³-hybridized carbons (Fsp3) is 0.429. The van der Waals surface area contributed by atoms with Crippen LogP contribution in [0.3, 0.4) is 0 Å². The number of methoxy groups -OCH3 is 1. The van der Waals surface area contributed by atoms with E-state index in [1.807, 2.05) is 12.1 Å². The van der Waals surface area contributed by atoms with Crippen molar-refractivity contribution < 1.29 is 9.84 Å². The fourth-order valence-corrected chi connectivity index (χ4v) is 3.68. The Morgan fingerprint density at radius 1 is 1.12 bits per heavy atom. The third kappa shape index (κ3) is 3.90. The third-order valence-electron chi connectivity index (χ3n) is 4.92. The lowest BCUT2D eigenvalue weighted by atomic mass is 9.98. The summed E-state index contributed by atoms with van der Waals surface area (Å²) in [6, 6.07) is 15.1. The molecule has 1 fully saturated rings. The highest BCUT2D eigenvalue weighted by Crippen LogP contribution is 2.33. The second-order valence-electron chi connectivity index (χ2n) is 6.76. The van der Waals surface area contributed by atoms with Crippen molar-refractivity contribution in [2.75, 3.05) is 13.7 Å². The molecule has 1 heterocycles. The summed E-state index contributed by atoms with van der Waals surface area (Å²) in [5.41, 5.74) is 3.86. The minimum Gasteiger partial charge on any atom is -0.504 e. The summed E-state index contributed by atoms with van der Waals surface area (Å²) in [5.74, 6) is 0.752. The zero-order chi connectivity index (χ0) is 16.9. The number of hydrogen-bond acceptors (Lipinski definition) is 3. The normalized spacial score (nSPS) is 19.0. The number of benzene rings is 2. The summed E-state index contributed by atoms with van der Waals surface area (Å²) in [6.45, 7) is 4.12. The van der Waals surface area contributed by atoms with Gasteiger partial charge >= 0.3 is 0 Å². The average Bonchev–Trinajstić information content (AvgIpc) is 2.80. The zero-order valence-corrected chi connectivity index (χ0v) is 14.7. The first-order chi connectivity index (χ1) is 11.7. The van der Waals surface area contributed by atoms with Crippen molar-refractivity contribution in [2.24, 2.45) is 0 Å². The number of likely N-dealkylation sites (tertiary alicyclic amines) is 1. The van der Waals surface area contributed by atoms with E-state index in [2.05, 4.69) is 42.2 Å². The molecule has 1 N–H and O–H groups in total. The molecule has 0 aliphatic carbocycles. The van der Waals surface area contributed by atoms with E-state index in [0.29, 0.717) is 11.8 Å². The number of rotatable bonds is 4. The molecule has 2 aromatic rings. The second kappa shape index (κ2) is 7.71. The summed E-state index contributed by atoms with van der Waals surface area (Å²) in [5, 5.41) is 10.1. The van der Waals surface area contributed by atoms with Gasteiger partial charge in [0, 0.05) is 12.6 Å². The van der Waals surface area contributed by atoms with E-state index in [-0.39, 0.29) is 5.75 Å². The van der Waals surface area contributed by atoms with Crippen LogP contribution in [0.25, 0.3) is 0 Å². The summed E-state index contributed by atoms with van der Waals surface area (Å²) in [7, 11) is 1.58. The number of hydrogen-bond donors (Lipinski definition) is 1. The molecule has 1 saturated heterocycles. The third-order valence-corrected chi connectivity index (χ3v) is 4.92. The lowest BCUT2D eigenvalue weighted by Gasteiger charge is -2.30. The predicted octanol–water partition coefficient (Wildman–Crippen LogP) is 4.83. The van der Waals surface area contributed by atoms with Crippen LogP contribution >= 0.6 is 0 Å². The van der Waals surface area contributed by atoms with E-state index in [4.69, 9.17) is 4.74 Å². The number of ether oxygens (including phenoxy) is 1. The lowest BCUT2D eigenvalue weighted by molar-refractivity contribution is 0.192. The SMILES string of the molecule is COc1ccc(CN2CCCCC[C@@H]2c2cccc(C)c2)cc1O. The summed E-state index contributed by atoms with van der Waals surface area (Å²) < 4.78 is 5.15. The summed E-state index contributed by atoms with van der Waals surface area (Å²) in [6.07, 6.45) is 5.02. The Balaban J connectivity index is 1.83. The van der Waals surface area contributed by atoms with Crippen molar-refractivity contribution in [1.29, 1.82) is 0 Å². The van der Waals surface area contributed by atoms with Gasteiger partial charge in [0.05, 0.1) is 7.11 Å². The molecule has 3 rings (SSSR count). The van der Waals surface area contributed by atoms with Crippen molar-refractivity contribution >= 4 is 0 Å². The molecule has 24 heavy (non-hydrogen) atoms. The van der Waals surface area contributed by atoms with E-state index in [9.17, 15) is 5.11 Å². The minimum absolute atomic E-state index is 0.219. The van der Waals surface area contributed by atoms with Crippen LogP contribution in [-0.2, 0) is 6.54 Å². The van der Waals surface area contributed by atoms with E-state index >= 15 is 0 Å². The van der Waals surface area contributed by atoms with E-state index in [1.165, 1.54) is 36.8 Å². The van der Waals surface area contributed by atoms with Gasteiger partial charge in [0.15, 0.2) is 11.5 Å². The quantitative estimate of drug-likeness (QED) is 0.874. The van der Waals surface area contributed by atoms with Gasteiger partial charge in [-0.05, 0) is 49.6 Å². The maximum Gasteiger partial charge on any atom is 0.160 e. The molecule has 0 bridgehead atoms. The first-order valence-corrected chi connectivity index (χ1v) is 8.84. The van der Waals surface area contributed by atoms with E-state index < -0.39 is 0 Å². The van der Waals surface area contributed by atoms with Gasteiger partial charge in [0.25, 0.3) is 0 Å². The van der Waals surface area contributed by atoms with Crippen LogP contribution in [0.5, 0.6) is 11.5 Å². The van der Waals surface area contributed by atoms with Crippen LogP contribution in [0.2, 0.25) is 0 Å². The number of aryl methyl sites for hydroxylation is 1. The van der Waals surface area contributed by atoms with Crippen LogP contribution < -0.4 is 4.74 Å². The number of phenolic OH excluding ortho intramolecular Hbond substituents is 1. The Bertz CT molecular complexity index is 683. The fourth-order valence-electron chi connectivity index (χ4n) is 3.68. The van der Waals surface area contributed by atoms with Gasteiger partial charge in [-0.3, -0.25) is 4.90 Å². The molecule has 0 unspecified atom stereocenters. The standard InChI is InChI=1S/C21H27NO2/c1-16-7-6-8-18(13-16)19-9-4-3-5-12-22(19)15-17-10-11-21(24-2)20(23)14-17/h6-8,10-11,13-14,19,23H,3-5,9,12,15H2,1-2H3/t19-/m1/s1. The first kappa shape index (κ1) is 16.8. The molecule has 1 aliphatic rings. The van der Waals surface area contributed by atoms with Gasteiger partial charge in [-0.2, -0.15) is 0 Å². The molecule has 0 saturated carbocycles. The largest absolute Gasteiger partial charge is 0.504 e. The zero-order valence-electron chi connectivity index (χ0n) is 14.7. The highest BCUT2D eigenvalue weighted by molar-refractivity contribution is 5.41.